The van der Waals surface area contributed by atoms with Gasteiger partial charge in [-0.25, -0.2) is 0 Å². The molecule has 0 heteroatoms. The van der Waals surface area contributed by atoms with Crippen molar-refractivity contribution in [1.29, 1.82) is 0 Å². The quantitative estimate of drug-likeness (QED) is 0.464. The number of benzene rings is 1. The maximum absolute atomic E-state index is 3.36. The van der Waals surface area contributed by atoms with Crippen LogP contribution in [0.15, 0.2) is 60.7 Å². The molecular weight excluding hydrogens is 204 g/mol. The normalized spacial score (nSPS) is 11.5. The van der Waals surface area contributed by atoms with Gasteiger partial charge in [-0.1, -0.05) is 61.1 Å². The minimum Gasteiger partial charge on any atom is -0.103 e. The molecule has 1 rings (SSSR count). The van der Waals surface area contributed by atoms with E-state index in [0.29, 0.717) is 0 Å². The predicted octanol–water partition coefficient (Wildman–Crippen LogP) is 5.64. The zero-order chi connectivity index (χ0) is 13.1. The first-order valence-electron chi connectivity index (χ1n) is 6.15. The average molecular weight is 228 g/mol. The first kappa shape index (κ1) is 15.4. The first-order chi connectivity index (χ1) is 8.19. The molecule has 0 nitrogen and oxygen atoms in total. The Morgan fingerprint density at radius 2 is 1.71 bits per heavy atom. The Hall–Kier alpha value is -1.56. The smallest absolute Gasteiger partial charge is 0.0187 e. The summed E-state index contributed by atoms with van der Waals surface area (Å²) in [7, 11) is 0. The molecule has 0 aromatic heterocycles. The summed E-state index contributed by atoms with van der Waals surface area (Å²) in [6.45, 7) is 11.7. The molecule has 0 saturated heterocycles. The number of hydrogen-bond donors (Lipinski definition) is 0. The highest BCUT2D eigenvalue weighted by Gasteiger charge is 1.95. The molecular formula is C17H24. The fourth-order valence-electron chi connectivity index (χ4n) is 1.33. The van der Waals surface area contributed by atoms with Gasteiger partial charge in [0.25, 0.3) is 0 Å². The van der Waals surface area contributed by atoms with Gasteiger partial charge in [0, 0.05) is 0 Å². The summed E-state index contributed by atoms with van der Waals surface area (Å²) in [5.41, 5.74) is 4.02. The molecule has 0 unspecified atom stereocenters. The van der Waals surface area contributed by atoms with E-state index in [1.807, 2.05) is 13.0 Å². The SMILES string of the molecule is C/C=C(\C=C(\C)CC)c1ccccc1.C=CC. The molecule has 17 heavy (non-hydrogen) atoms. The van der Waals surface area contributed by atoms with Gasteiger partial charge in [-0.05, 0) is 38.3 Å². The van der Waals surface area contributed by atoms with Gasteiger partial charge < -0.3 is 0 Å². The molecule has 0 atom stereocenters. The van der Waals surface area contributed by atoms with Crippen LogP contribution in [0.2, 0.25) is 0 Å². The largest absolute Gasteiger partial charge is 0.103 e. The molecule has 92 valence electrons. The van der Waals surface area contributed by atoms with Crippen LogP contribution in [-0.2, 0) is 0 Å². The molecule has 1 aromatic carbocycles. The molecule has 0 amide bonds. The van der Waals surface area contributed by atoms with Gasteiger partial charge in [-0.2, -0.15) is 0 Å². The fourth-order valence-corrected chi connectivity index (χ4v) is 1.33. The van der Waals surface area contributed by atoms with Crippen LogP contribution < -0.4 is 0 Å². The van der Waals surface area contributed by atoms with E-state index in [1.165, 1.54) is 16.7 Å². The zero-order valence-corrected chi connectivity index (χ0v) is 11.5. The lowest BCUT2D eigenvalue weighted by Gasteiger charge is -2.03. The Balaban J connectivity index is 0.000000770. The molecule has 0 radical (unpaired) electrons. The summed E-state index contributed by atoms with van der Waals surface area (Å²) in [6, 6.07) is 10.5. The second kappa shape index (κ2) is 9.65. The van der Waals surface area contributed by atoms with Crippen molar-refractivity contribution in [1.82, 2.24) is 0 Å². The standard InChI is InChI=1S/C14H18.C3H6/c1-4-12(3)11-13(5-2)14-9-7-6-8-10-14;1-3-2/h5-11H,4H2,1-3H3;3H,1H2,2H3/b12-11-,13-5+;. The maximum Gasteiger partial charge on any atom is -0.0187 e. The van der Waals surface area contributed by atoms with Crippen molar-refractivity contribution in [3.8, 4) is 0 Å². The van der Waals surface area contributed by atoms with Crippen molar-refractivity contribution in [2.24, 2.45) is 0 Å². The average Bonchev–Trinajstić information content (AvgIpc) is 2.37. The van der Waals surface area contributed by atoms with E-state index in [1.54, 1.807) is 6.08 Å². The van der Waals surface area contributed by atoms with E-state index in [2.05, 4.69) is 63.8 Å². The van der Waals surface area contributed by atoms with Crippen LogP contribution in [0.25, 0.3) is 5.57 Å². The summed E-state index contributed by atoms with van der Waals surface area (Å²) in [6.07, 6.45) is 7.29. The van der Waals surface area contributed by atoms with Crippen LogP contribution in [0.3, 0.4) is 0 Å². The molecule has 0 saturated carbocycles. The Morgan fingerprint density at radius 3 is 2.12 bits per heavy atom. The van der Waals surface area contributed by atoms with Crippen molar-refractivity contribution < 1.29 is 0 Å². The van der Waals surface area contributed by atoms with Gasteiger partial charge in [-0.15, -0.1) is 6.58 Å². The second-order valence-corrected chi connectivity index (χ2v) is 3.86. The molecule has 0 bridgehead atoms. The summed E-state index contributed by atoms with van der Waals surface area (Å²) in [5, 5.41) is 0. The highest BCUT2D eigenvalue weighted by atomic mass is 14.0. The predicted molar refractivity (Wildman–Crippen MR) is 80.0 cm³/mol. The van der Waals surface area contributed by atoms with Gasteiger partial charge >= 0.3 is 0 Å². The molecule has 0 aliphatic heterocycles. The molecule has 0 heterocycles. The highest BCUT2D eigenvalue weighted by molar-refractivity contribution is 5.74. The summed E-state index contributed by atoms with van der Waals surface area (Å²) < 4.78 is 0. The van der Waals surface area contributed by atoms with Crippen LogP contribution in [0.4, 0.5) is 0 Å². The van der Waals surface area contributed by atoms with E-state index in [-0.39, 0.29) is 0 Å². The first-order valence-corrected chi connectivity index (χ1v) is 6.15. The highest BCUT2D eigenvalue weighted by Crippen LogP contribution is 2.17. The topological polar surface area (TPSA) is 0 Å². The van der Waals surface area contributed by atoms with E-state index >= 15 is 0 Å². The van der Waals surface area contributed by atoms with Crippen LogP contribution in [0.1, 0.15) is 39.7 Å². The summed E-state index contributed by atoms with van der Waals surface area (Å²) >= 11 is 0. The Kier molecular flexibility index (Phi) is 8.77. The van der Waals surface area contributed by atoms with Gasteiger partial charge in [0.05, 0.1) is 0 Å². The minimum absolute atomic E-state index is 1.12. The van der Waals surface area contributed by atoms with Crippen molar-refractivity contribution in [3.63, 3.8) is 0 Å². The van der Waals surface area contributed by atoms with Crippen molar-refractivity contribution >= 4 is 5.57 Å². The molecule has 1 aromatic rings. The fraction of sp³-hybridized carbons (Fsp3) is 0.294. The summed E-state index contributed by atoms with van der Waals surface area (Å²) in [4.78, 5) is 0. The van der Waals surface area contributed by atoms with Gasteiger partial charge in [-0.3, -0.25) is 0 Å². The minimum atomic E-state index is 1.12. The maximum atomic E-state index is 3.36. The van der Waals surface area contributed by atoms with Gasteiger partial charge in [0.1, 0.15) is 0 Å². The third kappa shape index (κ3) is 6.57. The van der Waals surface area contributed by atoms with E-state index in [4.69, 9.17) is 0 Å². The van der Waals surface area contributed by atoms with Crippen LogP contribution in [0.5, 0.6) is 0 Å². The van der Waals surface area contributed by atoms with E-state index in [0.717, 1.165) is 6.42 Å². The third-order valence-corrected chi connectivity index (χ3v) is 2.38. The number of allylic oxidation sites excluding steroid dienone is 5. The summed E-state index contributed by atoms with van der Waals surface area (Å²) in [5.74, 6) is 0. The van der Waals surface area contributed by atoms with Crippen molar-refractivity contribution in [2.45, 2.75) is 34.1 Å². The van der Waals surface area contributed by atoms with Crippen molar-refractivity contribution in [3.05, 3.63) is 66.3 Å². The molecule has 0 aliphatic rings. The van der Waals surface area contributed by atoms with Gasteiger partial charge in [0.2, 0.25) is 0 Å². The zero-order valence-electron chi connectivity index (χ0n) is 11.5. The molecule has 0 fully saturated rings. The van der Waals surface area contributed by atoms with E-state index in [9.17, 15) is 0 Å². The lowest BCUT2D eigenvalue weighted by atomic mass is 10.0. The lowest BCUT2D eigenvalue weighted by Crippen LogP contribution is -1.81. The Morgan fingerprint density at radius 1 is 1.18 bits per heavy atom. The molecule has 0 spiro atoms. The lowest BCUT2D eigenvalue weighted by molar-refractivity contribution is 1.10. The second-order valence-electron chi connectivity index (χ2n) is 3.86. The molecule has 0 aliphatic carbocycles. The Labute approximate surface area is 106 Å². The third-order valence-electron chi connectivity index (χ3n) is 2.38. The van der Waals surface area contributed by atoms with E-state index < -0.39 is 0 Å². The number of rotatable bonds is 3. The van der Waals surface area contributed by atoms with Gasteiger partial charge in [0.15, 0.2) is 0 Å². The Bertz CT molecular complexity index is 366. The molecule has 0 N–H and O–H groups in total. The van der Waals surface area contributed by atoms with Crippen LogP contribution in [-0.4, -0.2) is 0 Å². The monoisotopic (exact) mass is 228 g/mol. The van der Waals surface area contributed by atoms with Crippen LogP contribution in [0, 0.1) is 0 Å². The van der Waals surface area contributed by atoms with Crippen LogP contribution >= 0.6 is 0 Å². The van der Waals surface area contributed by atoms with Crippen molar-refractivity contribution in [2.75, 3.05) is 0 Å². The number of hydrogen-bond acceptors (Lipinski definition) is 0.